The molecule has 1 saturated heterocycles. The molecular weight excluding hydrogens is 242 g/mol. The predicted octanol–water partition coefficient (Wildman–Crippen LogP) is 0.254. The molecule has 0 amide bonds. The van der Waals surface area contributed by atoms with Gasteiger partial charge in [-0.1, -0.05) is 0 Å². The summed E-state index contributed by atoms with van der Waals surface area (Å²) in [5.41, 5.74) is -0.209. The Labute approximate surface area is 101 Å². The summed E-state index contributed by atoms with van der Waals surface area (Å²) in [7, 11) is -3.47. The minimum Gasteiger partial charge on any atom is -0.390 e. The number of hydrogen-bond donors (Lipinski definition) is 2. The summed E-state index contributed by atoms with van der Waals surface area (Å²) >= 11 is 0. The number of aromatic amines is 1. The fourth-order valence-electron chi connectivity index (χ4n) is 1.95. The van der Waals surface area contributed by atoms with Gasteiger partial charge < -0.3 is 5.11 Å². The van der Waals surface area contributed by atoms with Crippen molar-refractivity contribution in [3.05, 3.63) is 11.9 Å². The molecule has 0 aliphatic carbocycles. The lowest BCUT2D eigenvalue weighted by Crippen LogP contribution is -2.45. The summed E-state index contributed by atoms with van der Waals surface area (Å²) in [5.74, 6) is 0. The molecule has 96 valence electrons. The van der Waals surface area contributed by atoms with Gasteiger partial charge in [0.05, 0.1) is 17.5 Å². The number of rotatable bonds is 2. The van der Waals surface area contributed by atoms with Crippen LogP contribution in [0.4, 0.5) is 0 Å². The molecule has 0 unspecified atom stereocenters. The van der Waals surface area contributed by atoms with E-state index in [2.05, 4.69) is 10.2 Å². The second-order valence-corrected chi connectivity index (χ2v) is 6.67. The fourth-order valence-corrected chi connectivity index (χ4v) is 3.51. The maximum absolute atomic E-state index is 12.3. The van der Waals surface area contributed by atoms with Gasteiger partial charge in [-0.3, -0.25) is 5.10 Å². The number of nitrogens with one attached hydrogen (secondary N) is 1. The van der Waals surface area contributed by atoms with E-state index in [4.69, 9.17) is 0 Å². The zero-order chi connectivity index (χ0) is 12.7. The van der Waals surface area contributed by atoms with Crippen LogP contribution >= 0.6 is 0 Å². The predicted molar refractivity (Wildman–Crippen MR) is 61.9 cm³/mol. The van der Waals surface area contributed by atoms with Crippen molar-refractivity contribution in [2.75, 3.05) is 13.1 Å². The van der Waals surface area contributed by atoms with Crippen LogP contribution in [0.2, 0.25) is 0 Å². The van der Waals surface area contributed by atoms with Crippen molar-refractivity contribution >= 4 is 10.0 Å². The minimum atomic E-state index is -3.47. The van der Waals surface area contributed by atoms with E-state index < -0.39 is 15.6 Å². The van der Waals surface area contributed by atoms with Crippen LogP contribution in [0.15, 0.2) is 11.1 Å². The number of aryl methyl sites for hydroxylation is 1. The number of piperidine rings is 1. The average Bonchev–Trinajstić information content (AvgIpc) is 2.64. The summed E-state index contributed by atoms with van der Waals surface area (Å²) in [6.45, 7) is 4.11. The molecule has 7 heteroatoms. The molecule has 1 aliphatic heterocycles. The monoisotopic (exact) mass is 259 g/mol. The van der Waals surface area contributed by atoms with E-state index in [0.29, 0.717) is 31.6 Å². The molecule has 0 aromatic carbocycles. The molecule has 2 heterocycles. The highest BCUT2D eigenvalue weighted by Crippen LogP contribution is 2.26. The number of H-pyrrole nitrogens is 1. The van der Waals surface area contributed by atoms with Crippen molar-refractivity contribution in [1.82, 2.24) is 14.5 Å². The third-order valence-electron chi connectivity index (χ3n) is 3.20. The molecule has 1 aliphatic rings. The standard InChI is InChI=1S/C10H17N3O3S/c1-8-9(7-11-12-8)17(15,16)13-5-3-10(2,14)4-6-13/h7,14H,3-6H2,1-2H3,(H,11,12). The van der Waals surface area contributed by atoms with E-state index in [1.807, 2.05) is 0 Å². The highest BCUT2D eigenvalue weighted by atomic mass is 32.2. The van der Waals surface area contributed by atoms with Crippen molar-refractivity contribution in [3.63, 3.8) is 0 Å². The topological polar surface area (TPSA) is 86.3 Å². The Morgan fingerprint density at radius 2 is 2.06 bits per heavy atom. The van der Waals surface area contributed by atoms with Gasteiger partial charge in [0.15, 0.2) is 0 Å². The molecule has 0 saturated carbocycles. The van der Waals surface area contributed by atoms with Crippen molar-refractivity contribution in [1.29, 1.82) is 0 Å². The van der Waals surface area contributed by atoms with Crippen LogP contribution in [0.5, 0.6) is 0 Å². The molecule has 17 heavy (non-hydrogen) atoms. The first kappa shape index (κ1) is 12.5. The number of sulfonamides is 1. The molecule has 0 atom stereocenters. The number of nitrogens with zero attached hydrogens (tertiary/aromatic N) is 2. The van der Waals surface area contributed by atoms with Crippen LogP contribution in [0.1, 0.15) is 25.5 Å². The first-order valence-electron chi connectivity index (χ1n) is 5.55. The zero-order valence-corrected chi connectivity index (χ0v) is 10.8. The van der Waals surface area contributed by atoms with Gasteiger partial charge in [0.2, 0.25) is 10.0 Å². The van der Waals surface area contributed by atoms with E-state index in [-0.39, 0.29) is 4.90 Å². The Kier molecular flexibility index (Phi) is 3.01. The molecule has 1 aromatic heterocycles. The highest BCUT2D eigenvalue weighted by Gasteiger charge is 2.35. The second-order valence-electron chi connectivity index (χ2n) is 4.76. The fraction of sp³-hybridized carbons (Fsp3) is 0.700. The third kappa shape index (κ3) is 2.36. The number of aliphatic hydroxyl groups is 1. The smallest absolute Gasteiger partial charge is 0.246 e. The summed E-state index contributed by atoms with van der Waals surface area (Å²) in [5, 5.41) is 16.2. The largest absolute Gasteiger partial charge is 0.390 e. The summed E-state index contributed by atoms with van der Waals surface area (Å²) in [6, 6.07) is 0. The van der Waals surface area contributed by atoms with Gasteiger partial charge in [-0.05, 0) is 26.7 Å². The van der Waals surface area contributed by atoms with Crippen molar-refractivity contribution in [2.24, 2.45) is 0 Å². The van der Waals surface area contributed by atoms with Crippen molar-refractivity contribution in [3.8, 4) is 0 Å². The Bertz CT molecular complexity index is 497. The Hall–Kier alpha value is -0.920. The first-order valence-corrected chi connectivity index (χ1v) is 6.99. The zero-order valence-electron chi connectivity index (χ0n) is 9.97. The van der Waals surface area contributed by atoms with E-state index >= 15 is 0 Å². The van der Waals surface area contributed by atoms with E-state index in [1.165, 1.54) is 10.5 Å². The van der Waals surface area contributed by atoms with Crippen LogP contribution < -0.4 is 0 Å². The van der Waals surface area contributed by atoms with Crippen LogP contribution in [-0.4, -0.2) is 46.7 Å². The SMILES string of the molecule is Cc1[nH]ncc1S(=O)(=O)N1CCC(C)(O)CC1. The molecule has 6 nitrogen and oxygen atoms in total. The molecule has 1 aromatic rings. The van der Waals surface area contributed by atoms with Crippen molar-refractivity contribution in [2.45, 2.75) is 37.2 Å². The van der Waals surface area contributed by atoms with E-state index in [1.54, 1.807) is 13.8 Å². The molecule has 1 fully saturated rings. The summed E-state index contributed by atoms with van der Waals surface area (Å²) in [4.78, 5) is 0.221. The number of aromatic nitrogens is 2. The van der Waals surface area contributed by atoms with Gasteiger partial charge in [0.1, 0.15) is 4.90 Å². The summed E-state index contributed by atoms with van der Waals surface area (Å²) in [6.07, 6.45) is 2.25. The third-order valence-corrected chi connectivity index (χ3v) is 5.21. The quantitative estimate of drug-likeness (QED) is 0.797. The molecule has 0 bridgehead atoms. The van der Waals surface area contributed by atoms with Crippen LogP contribution in [-0.2, 0) is 10.0 Å². The van der Waals surface area contributed by atoms with Gasteiger partial charge in [-0.2, -0.15) is 9.40 Å². The Morgan fingerprint density at radius 1 is 1.47 bits per heavy atom. The van der Waals surface area contributed by atoms with Crippen LogP contribution in [0, 0.1) is 6.92 Å². The van der Waals surface area contributed by atoms with Crippen LogP contribution in [0.3, 0.4) is 0 Å². The normalized spacial score (nSPS) is 21.6. The Balaban J connectivity index is 2.22. The van der Waals surface area contributed by atoms with Crippen molar-refractivity contribution < 1.29 is 13.5 Å². The Morgan fingerprint density at radius 3 is 2.53 bits per heavy atom. The maximum atomic E-state index is 12.3. The molecule has 2 N–H and O–H groups in total. The van der Waals surface area contributed by atoms with Gasteiger partial charge in [-0.25, -0.2) is 8.42 Å². The van der Waals surface area contributed by atoms with Gasteiger partial charge in [-0.15, -0.1) is 0 Å². The maximum Gasteiger partial charge on any atom is 0.246 e. The lowest BCUT2D eigenvalue weighted by molar-refractivity contribution is 0.0126. The van der Waals surface area contributed by atoms with Gasteiger partial charge in [0.25, 0.3) is 0 Å². The van der Waals surface area contributed by atoms with Gasteiger partial charge in [0, 0.05) is 13.1 Å². The van der Waals surface area contributed by atoms with Crippen LogP contribution in [0.25, 0.3) is 0 Å². The second kappa shape index (κ2) is 4.08. The van der Waals surface area contributed by atoms with Gasteiger partial charge >= 0.3 is 0 Å². The van der Waals surface area contributed by atoms with E-state index in [0.717, 1.165) is 0 Å². The average molecular weight is 259 g/mol. The lowest BCUT2D eigenvalue weighted by Gasteiger charge is -2.34. The molecule has 0 spiro atoms. The number of hydrogen-bond acceptors (Lipinski definition) is 4. The minimum absolute atomic E-state index is 0.221. The first-order chi connectivity index (χ1) is 7.83. The lowest BCUT2D eigenvalue weighted by atomic mass is 9.95. The molecule has 0 radical (unpaired) electrons. The molecule has 2 rings (SSSR count). The molecular formula is C10H17N3O3S. The highest BCUT2D eigenvalue weighted by molar-refractivity contribution is 7.89. The summed E-state index contributed by atoms with van der Waals surface area (Å²) < 4.78 is 25.9. The van der Waals surface area contributed by atoms with E-state index in [9.17, 15) is 13.5 Å².